The molecule has 1 heterocycles. The van der Waals surface area contributed by atoms with Crippen molar-refractivity contribution in [1.29, 1.82) is 0 Å². The molecule has 1 fully saturated rings. The fraction of sp³-hybridized carbons (Fsp3) is 0.632. The summed E-state index contributed by atoms with van der Waals surface area (Å²) in [6.45, 7) is 8.45. The van der Waals surface area contributed by atoms with Crippen molar-refractivity contribution < 1.29 is 17.9 Å². The molecule has 1 aliphatic heterocycles. The van der Waals surface area contributed by atoms with Crippen LogP contribution >= 0.6 is 0 Å². The van der Waals surface area contributed by atoms with Crippen LogP contribution in [0.5, 0.6) is 0 Å². The minimum absolute atomic E-state index is 0.493. The number of nitrogens with zero attached hydrogens (tertiary/aromatic N) is 3. The number of halogens is 3. The molecule has 2 rings (SSSR count). The van der Waals surface area contributed by atoms with Gasteiger partial charge in [0.2, 0.25) is 0 Å². The molecule has 1 aromatic rings. The molecular weight excluding hydrogens is 357 g/mol. The first-order valence-corrected chi connectivity index (χ1v) is 9.36. The van der Waals surface area contributed by atoms with Crippen LogP contribution in [-0.2, 0) is 17.5 Å². The highest BCUT2D eigenvalue weighted by Crippen LogP contribution is 2.29. The number of morpholine rings is 1. The fourth-order valence-corrected chi connectivity index (χ4v) is 2.92. The Morgan fingerprint density at radius 1 is 1.22 bits per heavy atom. The lowest BCUT2D eigenvalue weighted by Gasteiger charge is -2.26. The van der Waals surface area contributed by atoms with Gasteiger partial charge in [-0.3, -0.25) is 9.89 Å². The van der Waals surface area contributed by atoms with E-state index in [2.05, 4.69) is 15.2 Å². The third-order valence-corrected chi connectivity index (χ3v) is 4.40. The number of ether oxygens (including phenoxy) is 1. The molecule has 0 bridgehead atoms. The van der Waals surface area contributed by atoms with Gasteiger partial charge in [-0.2, -0.15) is 13.2 Å². The van der Waals surface area contributed by atoms with Gasteiger partial charge in [0.1, 0.15) is 0 Å². The number of hydrogen-bond acceptors (Lipinski definition) is 3. The van der Waals surface area contributed by atoms with E-state index in [0.29, 0.717) is 13.1 Å². The van der Waals surface area contributed by atoms with Gasteiger partial charge >= 0.3 is 6.18 Å². The van der Waals surface area contributed by atoms with Crippen LogP contribution in [0, 0.1) is 0 Å². The normalized spacial score (nSPS) is 16.4. The second kappa shape index (κ2) is 10.5. The number of rotatable bonds is 7. The van der Waals surface area contributed by atoms with E-state index in [4.69, 9.17) is 4.74 Å². The highest BCUT2D eigenvalue weighted by Gasteiger charge is 2.29. The Balaban J connectivity index is 1.86. The van der Waals surface area contributed by atoms with Gasteiger partial charge < -0.3 is 15.0 Å². The van der Waals surface area contributed by atoms with Gasteiger partial charge in [0.05, 0.1) is 18.8 Å². The largest absolute Gasteiger partial charge is 0.416 e. The number of benzene rings is 1. The molecule has 0 aromatic heterocycles. The topological polar surface area (TPSA) is 40.1 Å². The van der Waals surface area contributed by atoms with Crippen LogP contribution in [0.25, 0.3) is 0 Å². The van der Waals surface area contributed by atoms with Gasteiger partial charge in [-0.05, 0) is 31.0 Å². The van der Waals surface area contributed by atoms with E-state index >= 15 is 0 Å². The summed E-state index contributed by atoms with van der Waals surface area (Å²) >= 11 is 0. The van der Waals surface area contributed by atoms with E-state index in [-0.39, 0.29) is 0 Å². The Kier molecular flexibility index (Phi) is 8.37. The van der Waals surface area contributed by atoms with E-state index in [9.17, 15) is 13.2 Å². The number of hydrogen-bond donors (Lipinski definition) is 1. The molecule has 1 N–H and O–H groups in total. The molecule has 0 saturated carbocycles. The molecule has 0 aliphatic carbocycles. The molecule has 1 aromatic carbocycles. The van der Waals surface area contributed by atoms with Crippen LogP contribution in [0.2, 0.25) is 0 Å². The quantitative estimate of drug-likeness (QED) is 0.444. The average Bonchev–Trinajstić information content (AvgIpc) is 2.64. The molecule has 5 nitrogen and oxygen atoms in total. The van der Waals surface area contributed by atoms with Gasteiger partial charge in [-0.15, -0.1) is 0 Å². The maximum atomic E-state index is 12.7. The Hall–Kier alpha value is -1.80. The predicted molar refractivity (Wildman–Crippen MR) is 101 cm³/mol. The smallest absolute Gasteiger partial charge is 0.379 e. The zero-order valence-electron chi connectivity index (χ0n) is 16.1. The van der Waals surface area contributed by atoms with Gasteiger partial charge in [-0.25, -0.2) is 0 Å². The van der Waals surface area contributed by atoms with Crippen molar-refractivity contribution in [2.75, 3.05) is 53.0 Å². The van der Waals surface area contributed by atoms with Gasteiger partial charge in [-0.1, -0.05) is 12.1 Å². The second-order valence-corrected chi connectivity index (χ2v) is 6.59. The lowest BCUT2D eigenvalue weighted by molar-refractivity contribution is -0.137. The van der Waals surface area contributed by atoms with E-state index in [1.54, 1.807) is 0 Å². The summed E-state index contributed by atoms with van der Waals surface area (Å²) in [7, 11) is 1.89. The van der Waals surface area contributed by atoms with Crippen LogP contribution in [0.4, 0.5) is 13.2 Å². The molecule has 8 heteroatoms. The summed E-state index contributed by atoms with van der Waals surface area (Å²) < 4.78 is 43.3. The third kappa shape index (κ3) is 7.38. The zero-order chi connectivity index (χ0) is 19.7. The van der Waals surface area contributed by atoms with E-state index in [1.807, 2.05) is 18.9 Å². The lowest BCUT2D eigenvalue weighted by atomic mass is 10.1. The summed E-state index contributed by atoms with van der Waals surface area (Å²) in [5.74, 6) is 0.763. The highest BCUT2D eigenvalue weighted by molar-refractivity contribution is 5.79. The van der Waals surface area contributed by atoms with Crippen LogP contribution in [0.3, 0.4) is 0 Å². The van der Waals surface area contributed by atoms with Crippen LogP contribution in [0.1, 0.15) is 24.5 Å². The Morgan fingerprint density at radius 3 is 2.48 bits per heavy atom. The molecule has 0 unspecified atom stereocenters. The first-order valence-electron chi connectivity index (χ1n) is 9.36. The Bertz CT molecular complexity index is 584. The molecule has 0 spiro atoms. The SMILES string of the molecule is CCNC(=NCCCN1CCOCC1)N(C)Cc1ccc(C(F)(F)F)cc1. The first kappa shape index (κ1) is 21.5. The van der Waals surface area contributed by atoms with Crippen LogP contribution in [-0.4, -0.2) is 68.7 Å². The zero-order valence-corrected chi connectivity index (χ0v) is 16.1. The van der Waals surface area contributed by atoms with Crippen molar-refractivity contribution in [3.05, 3.63) is 35.4 Å². The maximum Gasteiger partial charge on any atom is 0.416 e. The molecule has 1 aliphatic rings. The number of alkyl halides is 3. The van der Waals surface area contributed by atoms with E-state index in [1.165, 1.54) is 12.1 Å². The highest BCUT2D eigenvalue weighted by atomic mass is 19.4. The Morgan fingerprint density at radius 2 is 1.89 bits per heavy atom. The summed E-state index contributed by atoms with van der Waals surface area (Å²) in [6.07, 6.45) is -3.34. The predicted octanol–water partition coefficient (Wildman–Crippen LogP) is 2.83. The van der Waals surface area contributed by atoms with Gasteiger partial charge in [0.25, 0.3) is 0 Å². The second-order valence-electron chi connectivity index (χ2n) is 6.59. The monoisotopic (exact) mass is 386 g/mol. The molecule has 27 heavy (non-hydrogen) atoms. The van der Waals surface area contributed by atoms with Gasteiger partial charge in [0, 0.05) is 46.3 Å². The Labute approximate surface area is 159 Å². The fourth-order valence-electron chi connectivity index (χ4n) is 2.92. The van der Waals surface area contributed by atoms with Crippen LogP contribution < -0.4 is 5.32 Å². The van der Waals surface area contributed by atoms with Crippen molar-refractivity contribution in [3.63, 3.8) is 0 Å². The molecule has 1 saturated heterocycles. The van der Waals surface area contributed by atoms with E-state index in [0.717, 1.165) is 69.5 Å². The van der Waals surface area contributed by atoms with Crippen LogP contribution in [0.15, 0.2) is 29.3 Å². The molecule has 152 valence electrons. The van der Waals surface area contributed by atoms with Gasteiger partial charge in [0.15, 0.2) is 5.96 Å². The van der Waals surface area contributed by atoms with Crippen molar-refractivity contribution in [1.82, 2.24) is 15.1 Å². The van der Waals surface area contributed by atoms with Crippen molar-refractivity contribution >= 4 is 5.96 Å². The molecular formula is C19H29F3N4O. The third-order valence-electron chi connectivity index (χ3n) is 4.40. The summed E-state index contributed by atoms with van der Waals surface area (Å²) in [4.78, 5) is 8.95. The minimum Gasteiger partial charge on any atom is -0.379 e. The molecule has 0 radical (unpaired) electrons. The summed E-state index contributed by atoms with van der Waals surface area (Å²) in [5.41, 5.74) is 0.182. The summed E-state index contributed by atoms with van der Waals surface area (Å²) in [6, 6.07) is 5.27. The number of nitrogens with one attached hydrogen (secondary N) is 1. The minimum atomic E-state index is -4.30. The number of guanidine groups is 1. The lowest BCUT2D eigenvalue weighted by Crippen LogP contribution is -2.39. The standard InChI is InChI=1S/C19H29F3N4O/c1-3-23-18(24-9-4-10-26-11-13-27-14-12-26)25(2)15-16-5-7-17(8-6-16)19(20,21)22/h5-8H,3-4,9-15H2,1-2H3,(H,23,24). The molecule has 0 atom stereocenters. The van der Waals surface area contributed by atoms with Crippen molar-refractivity contribution in [2.24, 2.45) is 4.99 Å². The summed E-state index contributed by atoms with van der Waals surface area (Å²) in [5, 5.41) is 3.24. The maximum absolute atomic E-state index is 12.7. The number of aliphatic imine (C=N–C) groups is 1. The van der Waals surface area contributed by atoms with Crippen molar-refractivity contribution in [2.45, 2.75) is 26.1 Å². The molecule has 0 amide bonds. The van der Waals surface area contributed by atoms with Crippen molar-refractivity contribution in [3.8, 4) is 0 Å². The first-order chi connectivity index (χ1) is 12.9. The average molecular weight is 386 g/mol. The van der Waals surface area contributed by atoms with E-state index < -0.39 is 11.7 Å².